The van der Waals surface area contributed by atoms with Crippen molar-refractivity contribution in [2.24, 2.45) is 0 Å². The lowest BCUT2D eigenvalue weighted by Gasteiger charge is -2.32. The monoisotopic (exact) mass is 207 g/mol. The normalized spacial score (nSPS) is 19.1. The van der Waals surface area contributed by atoms with Crippen LogP contribution >= 0.6 is 11.8 Å². The minimum atomic E-state index is 0.294. The van der Waals surface area contributed by atoms with Crippen LogP contribution in [0.25, 0.3) is 0 Å². The van der Waals surface area contributed by atoms with Crippen molar-refractivity contribution in [3.63, 3.8) is 0 Å². The summed E-state index contributed by atoms with van der Waals surface area (Å²) in [5.74, 6) is 1.23. The summed E-state index contributed by atoms with van der Waals surface area (Å²) in [7, 11) is 0. The highest BCUT2D eigenvalue weighted by Gasteiger charge is 2.28. The lowest BCUT2D eigenvalue weighted by Crippen LogP contribution is -2.23. The molecule has 0 unspecified atom stereocenters. The molecular weight excluding hydrogens is 190 g/mol. The molecule has 1 nitrogen and oxygen atoms in total. The van der Waals surface area contributed by atoms with E-state index in [0.29, 0.717) is 5.41 Å². The van der Waals surface area contributed by atoms with Gasteiger partial charge in [0.25, 0.3) is 0 Å². The van der Waals surface area contributed by atoms with Gasteiger partial charge in [-0.15, -0.1) is 11.8 Å². The van der Waals surface area contributed by atoms with Gasteiger partial charge in [0.05, 0.1) is 0 Å². The molecule has 2 heteroatoms. The molecule has 2 N–H and O–H groups in total. The van der Waals surface area contributed by atoms with E-state index in [9.17, 15) is 0 Å². The summed E-state index contributed by atoms with van der Waals surface area (Å²) < 4.78 is 0. The summed E-state index contributed by atoms with van der Waals surface area (Å²) in [6, 6.07) is 4.40. The molecule has 2 rings (SSSR count). The molecule has 1 aromatic carbocycles. The zero-order valence-electron chi connectivity index (χ0n) is 9.05. The highest BCUT2D eigenvalue weighted by Crippen LogP contribution is 2.42. The molecule has 0 aliphatic carbocycles. The van der Waals surface area contributed by atoms with E-state index in [4.69, 9.17) is 5.73 Å². The van der Waals surface area contributed by atoms with Gasteiger partial charge in [-0.25, -0.2) is 0 Å². The van der Waals surface area contributed by atoms with Gasteiger partial charge in [-0.3, -0.25) is 0 Å². The fourth-order valence-corrected chi connectivity index (χ4v) is 3.48. The molecule has 0 radical (unpaired) electrons. The molecule has 0 fully saturated rings. The molecule has 1 aliphatic rings. The first kappa shape index (κ1) is 9.91. The summed E-state index contributed by atoms with van der Waals surface area (Å²) >= 11 is 1.96. The number of fused-ring (bicyclic) bond motifs is 1. The second kappa shape index (κ2) is 3.20. The minimum Gasteiger partial charge on any atom is -0.399 e. The Morgan fingerprint density at radius 2 is 2.07 bits per heavy atom. The quantitative estimate of drug-likeness (QED) is 0.660. The lowest BCUT2D eigenvalue weighted by molar-refractivity contribution is 0.494. The van der Waals surface area contributed by atoms with Gasteiger partial charge in [0.2, 0.25) is 0 Å². The van der Waals surface area contributed by atoms with Crippen molar-refractivity contribution < 1.29 is 0 Å². The molecule has 0 saturated heterocycles. The summed E-state index contributed by atoms with van der Waals surface area (Å²) in [5, 5.41) is 0. The van der Waals surface area contributed by atoms with Crippen LogP contribution in [0.1, 0.15) is 31.4 Å². The molecule has 0 atom stereocenters. The van der Waals surface area contributed by atoms with Gasteiger partial charge >= 0.3 is 0 Å². The molecule has 1 aromatic rings. The third-order valence-electron chi connectivity index (χ3n) is 3.08. The number of aryl methyl sites for hydroxylation is 1. The van der Waals surface area contributed by atoms with Crippen LogP contribution in [-0.2, 0) is 5.41 Å². The fourth-order valence-electron chi connectivity index (χ4n) is 1.90. The van der Waals surface area contributed by atoms with Crippen LogP contribution in [0, 0.1) is 6.92 Å². The molecule has 0 bridgehead atoms. The average Bonchev–Trinajstić information content (AvgIpc) is 2.08. The van der Waals surface area contributed by atoms with Gasteiger partial charge in [-0.1, -0.05) is 13.8 Å². The van der Waals surface area contributed by atoms with E-state index >= 15 is 0 Å². The van der Waals surface area contributed by atoms with E-state index in [1.165, 1.54) is 28.2 Å². The lowest BCUT2D eigenvalue weighted by atomic mass is 9.81. The van der Waals surface area contributed by atoms with E-state index < -0.39 is 0 Å². The van der Waals surface area contributed by atoms with E-state index in [0.717, 1.165) is 5.69 Å². The van der Waals surface area contributed by atoms with Crippen molar-refractivity contribution in [1.29, 1.82) is 0 Å². The second-order valence-electron chi connectivity index (χ2n) is 4.69. The second-order valence-corrected chi connectivity index (χ2v) is 5.82. The van der Waals surface area contributed by atoms with Crippen molar-refractivity contribution in [2.45, 2.75) is 37.5 Å². The topological polar surface area (TPSA) is 26.0 Å². The molecule has 0 amide bonds. The predicted octanol–water partition coefficient (Wildman–Crippen LogP) is 3.35. The van der Waals surface area contributed by atoms with Gasteiger partial charge < -0.3 is 5.73 Å². The van der Waals surface area contributed by atoms with Crippen molar-refractivity contribution in [3.05, 3.63) is 23.3 Å². The van der Waals surface area contributed by atoms with Crippen molar-refractivity contribution in [3.8, 4) is 0 Å². The smallest absolute Gasteiger partial charge is 0.0347 e. The van der Waals surface area contributed by atoms with Crippen LogP contribution in [0.5, 0.6) is 0 Å². The van der Waals surface area contributed by atoms with Crippen LogP contribution in [0.15, 0.2) is 17.0 Å². The average molecular weight is 207 g/mol. The summed E-state index contributed by atoms with van der Waals surface area (Å²) in [5.41, 5.74) is 9.81. The zero-order valence-corrected chi connectivity index (χ0v) is 9.87. The SMILES string of the molecule is Cc1cc2c(cc1N)C(C)(C)CCS2. The maximum absolute atomic E-state index is 5.96. The first-order valence-electron chi connectivity index (χ1n) is 5.04. The van der Waals surface area contributed by atoms with Crippen molar-refractivity contribution in [2.75, 3.05) is 11.5 Å². The van der Waals surface area contributed by atoms with Gasteiger partial charge in [0.15, 0.2) is 0 Å². The van der Waals surface area contributed by atoms with Gasteiger partial charge in [0.1, 0.15) is 0 Å². The number of nitrogen functional groups attached to an aromatic ring is 1. The van der Waals surface area contributed by atoms with E-state index in [-0.39, 0.29) is 0 Å². The number of benzene rings is 1. The van der Waals surface area contributed by atoms with Crippen molar-refractivity contribution in [1.82, 2.24) is 0 Å². The van der Waals surface area contributed by atoms with Crippen molar-refractivity contribution >= 4 is 17.4 Å². The standard InChI is InChI=1S/C12H17NS/c1-8-6-11-9(7-10(8)13)12(2,3)4-5-14-11/h6-7H,4-5,13H2,1-3H3. The molecule has 0 aromatic heterocycles. The third kappa shape index (κ3) is 1.52. The Hall–Kier alpha value is -0.630. The number of rotatable bonds is 0. The summed E-state index contributed by atoms with van der Waals surface area (Å²) in [6.45, 7) is 6.69. The molecule has 1 aliphatic heterocycles. The molecular formula is C12H17NS. The molecule has 76 valence electrons. The van der Waals surface area contributed by atoms with Gasteiger partial charge in [0, 0.05) is 10.6 Å². The summed E-state index contributed by atoms with van der Waals surface area (Å²) in [6.07, 6.45) is 1.24. The first-order chi connectivity index (χ1) is 6.50. The van der Waals surface area contributed by atoms with Crippen LogP contribution in [0.4, 0.5) is 5.69 Å². The number of nitrogens with two attached hydrogens (primary N) is 1. The Bertz CT molecular complexity index is 369. The van der Waals surface area contributed by atoms with E-state index in [1.807, 2.05) is 11.8 Å². The first-order valence-corrected chi connectivity index (χ1v) is 6.03. The summed E-state index contributed by atoms with van der Waals surface area (Å²) in [4.78, 5) is 1.42. The number of anilines is 1. The highest BCUT2D eigenvalue weighted by molar-refractivity contribution is 7.99. The number of thioether (sulfide) groups is 1. The van der Waals surface area contributed by atoms with Gasteiger partial charge in [-0.2, -0.15) is 0 Å². The van der Waals surface area contributed by atoms with Crippen LogP contribution < -0.4 is 5.73 Å². The Morgan fingerprint density at radius 1 is 1.36 bits per heavy atom. The largest absolute Gasteiger partial charge is 0.399 e. The number of hydrogen-bond donors (Lipinski definition) is 1. The highest BCUT2D eigenvalue weighted by atomic mass is 32.2. The maximum Gasteiger partial charge on any atom is 0.0347 e. The Kier molecular flexibility index (Phi) is 2.26. The minimum absolute atomic E-state index is 0.294. The molecule has 0 saturated carbocycles. The molecule has 14 heavy (non-hydrogen) atoms. The van der Waals surface area contributed by atoms with E-state index in [1.54, 1.807) is 0 Å². The third-order valence-corrected chi connectivity index (χ3v) is 4.14. The van der Waals surface area contributed by atoms with Gasteiger partial charge in [-0.05, 0) is 47.8 Å². The Morgan fingerprint density at radius 3 is 2.79 bits per heavy atom. The van der Waals surface area contributed by atoms with Crippen LogP contribution in [-0.4, -0.2) is 5.75 Å². The fraction of sp³-hybridized carbons (Fsp3) is 0.500. The van der Waals surface area contributed by atoms with E-state index in [2.05, 4.69) is 32.9 Å². The Balaban J connectivity index is 2.59. The molecule has 0 spiro atoms. The zero-order chi connectivity index (χ0) is 10.3. The number of hydrogen-bond acceptors (Lipinski definition) is 2. The maximum atomic E-state index is 5.96. The Labute approximate surface area is 90.1 Å². The van der Waals surface area contributed by atoms with Crippen LogP contribution in [0.3, 0.4) is 0 Å². The molecule has 1 heterocycles. The predicted molar refractivity (Wildman–Crippen MR) is 64.0 cm³/mol. The van der Waals surface area contributed by atoms with Crippen LogP contribution in [0.2, 0.25) is 0 Å².